The third-order valence-electron chi connectivity index (χ3n) is 5.02. The van der Waals surface area contributed by atoms with E-state index in [1.54, 1.807) is 17.5 Å². The second-order valence-electron chi connectivity index (χ2n) is 6.90. The first-order chi connectivity index (χ1) is 14.9. The summed E-state index contributed by atoms with van der Waals surface area (Å²) in [6, 6.07) is 30.8. The maximum atomic E-state index is 6.32. The Bertz CT molecular complexity index is 1530. The van der Waals surface area contributed by atoms with E-state index in [2.05, 4.69) is 46.4 Å². The van der Waals surface area contributed by atoms with Crippen molar-refractivity contribution in [3.63, 3.8) is 0 Å². The van der Waals surface area contributed by atoms with Gasteiger partial charge in [0.25, 0.3) is 0 Å². The minimum atomic E-state index is 0. The van der Waals surface area contributed by atoms with E-state index in [0.717, 1.165) is 37.6 Å². The van der Waals surface area contributed by atoms with Gasteiger partial charge in [0.05, 0.1) is 5.75 Å². The summed E-state index contributed by atoms with van der Waals surface area (Å²) in [5.74, 6) is 1.31. The van der Waals surface area contributed by atoms with Gasteiger partial charge in [-0.25, -0.2) is 0 Å². The molecule has 0 aliphatic heterocycles. The van der Waals surface area contributed by atoms with E-state index in [9.17, 15) is 0 Å². The van der Waals surface area contributed by atoms with Crippen LogP contribution in [0.4, 0.5) is 0 Å². The van der Waals surface area contributed by atoms with Gasteiger partial charge in [-0.3, -0.25) is 0 Å². The predicted molar refractivity (Wildman–Crippen MR) is 122 cm³/mol. The third-order valence-corrected chi connectivity index (χ3v) is 6.20. The number of nitrogens with zero attached hydrogens (tertiary/aromatic N) is 2. The molecule has 3 aromatic carbocycles. The molecule has 0 amide bonds. The molecule has 5 heteroatoms. The molecule has 0 aliphatic carbocycles. The molecule has 31 heavy (non-hydrogen) atoms. The van der Waals surface area contributed by atoms with Crippen molar-refractivity contribution in [2.45, 2.75) is 0 Å². The van der Waals surface area contributed by atoms with Crippen LogP contribution in [0, 0.1) is 12.1 Å². The van der Waals surface area contributed by atoms with Gasteiger partial charge in [0.2, 0.25) is 0 Å². The van der Waals surface area contributed by atoms with E-state index in [1.165, 1.54) is 4.70 Å². The number of thiophene rings is 1. The molecule has 0 N–H and O–H groups in total. The molecule has 0 atom stereocenters. The van der Waals surface area contributed by atoms with Gasteiger partial charge in [0.1, 0.15) is 0 Å². The molecule has 0 saturated heterocycles. The van der Waals surface area contributed by atoms with E-state index in [1.807, 2.05) is 54.7 Å². The number of hydrogen-bond acceptors (Lipinski definition) is 4. The van der Waals surface area contributed by atoms with Crippen molar-refractivity contribution < 1.29 is 25.8 Å². The summed E-state index contributed by atoms with van der Waals surface area (Å²) < 4.78 is 8.64. The summed E-state index contributed by atoms with van der Waals surface area (Å²) in [6.45, 7) is 0. The van der Waals surface area contributed by atoms with E-state index >= 15 is 0 Å². The van der Waals surface area contributed by atoms with Crippen molar-refractivity contribution in [3.05, 3.63) is 97.3 Å². The van der Waals surface area contributed by atoms with Gasteiger partial charge >= 0.3 is 21.1 Å². The van der Waals surface area contributed by atoms with E-state index in [0.29, 0.717) is 11.5 Å². The Hall–Kier alpha value is -3.07. The molecule has 0 saturated carbocycles. The molecular weight excluding hydrogens is 583 g/mol. The molecule has 0 spiro atoms. The number of aromatic nitrogens is 2. The summed E-state index contributed by atoms with van der Waals surface area (Å²) in [4.78, 5) is 9.00. The van der Waals surface area contributed by atoms with Crippen molar-refractivity contribution >= 4 is 42.4 Å². The Labute approximate surface area is 197 Å². The van der Waals surface area contributed by atoms with E-state index in [4.69, 9.17) is 4.74 Å². The Morgan fingerprint density at radius 1 is 0.742 bits per heavy atom. The number of ether oxygens (including phenoxy) is 1. The number of benzene rings is 3. The first-order valence-electron chi connectivity index (χ1n) is 9.60. The van der Waals surface area contributed by atoms with Crippen LogP contribution >= 0.6 is 11.3 Å². The van der Waals surface area contributed by atoms with Gasteiger partial charge in [-0.15, -0.1) is 29.1 Å². The van der Waals surface area contributed by atoms with Crippen molar-refractivity contribution in [1.82, 2.24) is 9.97 Å². The van der Waals surface area contributed by atoms with Crippen molar-refractivity contribution in [2.75, 3.05) is 0 Å². The first kappa shape index (κ1) is 19.9. The van der Waals surface area contributed by atoms with Gasteiger partial charge in [-0.1, -0.05) is 65.4 Å². The van der Waals surface area contributed by atoms with Crippen LogP contribution in [0.1, 0.15) is 0 Å². The third kappa shape index (κ3) is 3.52. The van der Waals surface area contributed by atoms with Crippen LogP contribution in [0.3, 0.4) is 0 Å². The second-order valence-corrected chi connectivity index (χ2v) is 7.95. The quantitative estimate of drug-likeness (QED) is 0.205. The fourth-order valence-corrected chi connectivity index (χ4v) is 4.82. The monoisotopic (exact) mass is 597 g/mol. The fourth-order valence-electron chi connectivity index (χ4n) is 3.66. The van der Waals surface area contributed by atoms with Gasteiger partial charge in [-0.2, -0.15) is 11.3 Å². The molecule has 150 valence electrons. The zero-order chi connectivity index (χ0) is 19.9. The molecule has 0 fully saturated rings. The minimum Gasteiger partial charge on any atom is -0.496 e. The van der Waals surface area contributed by atoms with Gasteiger partial charge < -0.3 is 14.7 Å². The molecule has 0 bridgehead atoms. The van der Waals surface area contributed by atoms with Crippen LogP contribution in [0.5, 0.6) is 11.5 Å². The summed E-state index contributed by atoms with van der Waals surface area (Å²) in [5, 5.41) is 3.16. The SMILES string of the molecule is [Pt+2].[c-]1c(Oc2[c-]c3c4ncccc4sc3c3ccccc23)cccc1-c1ccccn1. The van der Waals surface area contributed by atoms with Crippen LogP contribution in [0.15, 0.2) is 85.2 Å². The van der Waals surface area contributed by atoms with Gasteiger partial charge in [-0.05, 0) is 22.5 Å². The molecule has 6 rings (SSSR count). The number of fused-ring (bicyclic) bond motifs is 5. The molecule has 0 aliphatic rings. The van der Waals surface area contributed by atoms with Crippen LogP contribution in [0.25, 0.3) is 42.3 Å². The summed E-state index contributed by atoms with van der Waals surface area (Å²) >= 11 is 1.74. The molecule has 0 radical (unpaired) electrons. The Morgan fingerprint density at radius 3 is 2.45 bits per heavy atom. The number of hydrogen-bond donors (Lipinski definition) is 0. The molecule has 6 aromatic rings. The van der Waals surface area contributed by atoms with Crippen LogP contribution < -0.4 is 4.74 Å². The maximum absolute atomic E-state index is 6.32. The smallest absolute Gasteiger partial charge is 0.496 e. The van der Waals surface area contributed by atoms with Crippen LogP contribution in [-0.4, -0.2) is 9.97 Å². The number of rotatable bonds is 3. The van der Waals surface area contributed by atoms with Crippen molar-refractivity contribution in [3.8, 4) is 22.8 Å². The molecule has 3 aromatic heterocycles. The average Bonchev–Trinajstić information content (AvgIpc) is 3.19. The van der Waals surface area contributed by atoms with Gasteiger partial charge in [0, 0.05) is 28.4 Å². The largest absolute Gasteiger partial charge is 2.00 e. The zero-order valence-electron chi connectivity index (χ0n) is 16.1. The summed E-state index contributed by atoms with van der Waals surface area (Å²) in [7, 11) is 0. The second kappa shape index (κ2) is 8.22. The Balaban J connectivity index is 0.00000204. The van der Waals surface area contributed by atoms with Crippen LogP contribution in [0.2, 0.25) is 0 Å². The maximum Gasteiger partial charge on any atom is 2.00 e. The molecular formula is C26H14N2OPtS. The fraction of sp³-hybridized carbons (Fsp3) is 0. The summed E-state index contributed by atoms with van der Waals surface area (Å²) in [5.41, 5.74) is 2.71. The molecule has 3 heterocycles. The van der Waals surface area contributed by atoms with E-state index in [-0.39, 0.29) is 21.1 Å². The zero-order valence-corrected chi connectivity index (χ0v) is 19.2. The molecule has 0 unspecified atom stereocenters. The van der Waals surface area contributed by atoms with Crippen LogP contribution in [-0.2, 0) is 21.1 Å². The predicted octanol–water partition coefficient (Wildman–Crippen LogP) is 7.05. The van der Waals surface area contributed by atoms with Gasteiger partial charge in [0.15, 0.2) is 0 Å². The normalized spacial score (nSPS) is 11.0. The number of pyridine rings is 2. The van der Waals surface area contributed by atoms with Crippen molar-refractivity contribution in [2.24, 2.45) is 0 Å². The van der Waals surface area contributed by atoms with E-state index < -0.39 is 0 Å². The minimum absolute atomic E-state index is 0. The Kier molecular flexibility index (Phi) is 5.27. The summed E-state index contributed by atoms with van der Waals surface area (Å²) in [6.07, 6.45) is 3.60. The first-order valence-corrected chi connectivity index (χ1v) is 10.4. The standard InChI is InChI=1S/C26H14N2OS.Pt/c1-2-10-20-19(9-1)23(16-21-25-24(30-26(20)21)12-6-14-28-25)29-18-8-5-7-17(15-18)22-11-3-4-13-27-22;/h1-14H;/q-2;+2. The Morgan fingerprint density at radius 2 is 1.58 bits per heavy atom. The molecule has 3 nitrogen and oxygen atoms in total. The topological polar surface area (TPSA) is 35.0 Å². The van der Waals surface area contributed by atoms with Crippen molar-refractivity contribution in [1.29, 1.82) is 0 Å². The average molecular weight is 598 g/mol.